The Morgan fingerprint density at radius 1 is 1.24 bits per heavy atom. The van der Waals surface area contributed by atoms with E-state index in [0.717, 1.165) is 43.4 Å². The van der Waals surface area contributed by atoms with E-state index < -0.39 is 0 Å². The van der Waals surface area contributed by atoms with Crippen molar-refractivity contribution in [3.63, 3.8) is 0 Å². The summed E-state index contributed by atoms with van der Waals surface area (Å²) in [6, 6.07) is 11.3. The third-order valence-electron chi connectivity index (χ3n) is 4.86. The fourth-order valence-electron chi connectivity index (χ4n) is 3.54. The molecule has 6 nitrogen and oxygen atoms in total. The Morgan fingerprint density at radius 3 is 2.80 bits per heavy atom. The Morgan fingerprint density at radius 2 is 2.04 bits per heavy atom. The summed E-state index contributed by atoms with van der Waals surface area (Å²) >= 11 is 0. The van der Waals surface area contributed by atoms with Gasteiger partial charge in [0.25, 0.3) is 0 Å². The molecule has 2 N–H and O–H groups in total. The van der Waals surface area contributed by atoms with Gasteiger partial charge in [-0.25, -0.2) is 9.67 Å². The van der Waals surface area contributed by atoms with Gasteiger partial charge in [-0.1, -0.05) is 30.3 Å². The molecule has 0 spiro atoms. The summed E-state index contributed by atoms with van der Waals surface area (Å²) < 4.78 is 2.02. The van der Waals surface area contributed by atoms with E-state index in [1.165, 1.54) is 5.56 Å². The van der Waals surface area contributed by atoms with Crippen LogP contribution in [0.4, 0.5) is 0 Å². The SMILES string of the molecule is CN=C(NC1CCCn2nc(C)nc21)NC1CC1c1ccccc1.I. The van der Waals surface area contributed by atoms with Crippen LogP contribution in [0.3, 0.4) is 0 Å². The minimum Gasteiger partial charge on any atom is -0.353 e. The zero-order valence-electron chi connectivity index (χ0n) is 14.6. The summed E-state index contributed by atoms with van der Waals surface area (Å²) in [7, 11) is 1.83. The second-order valence-electron chi connectivity index (χ2n) is 6.66. The molecule has 4 rings (SSSR count). The van der Waals surface area contributed by atoms with Gasteiger partial charge in [0.2, 0.25) is 0 Å². The molecule has 0 radical (unpaired) electrons. The van der Waals surface area contributed by atoms with Gasteiger partial charge >= 0.3 is 0 Å². The molecule has 1 aliphatic heterocycles. The van der Waals surface area contributed by atoms with Gasteiger partial charge in [0.05, 0.1) is 6.04 Å². The van der Waals surface area contributed by atoms with Crippen LogP contribution in [0.15, 0.2) is 35.3 Å². The molecule has 2 heterocycles. The van der Waals surface area contributed by atoms with Gasteiger partial charge in [0, 0.05) is 25.6 Å². The second kappa shape index (κ2) is 7.72. The first kappa shape index (κ1) is 18.2. The number of hydrogen-bond acceptors (Lipinski definition) is 3. The summed E-state index contributed by atoms with van der Waals surface area (Å²) in [6.45, 7) is 2.91. The molecule has 3 unspecified atom stereocenters. The number of guanidine groups is 1. The maximum Gasteiger partial charge on any atom is 0.191 e. The van der Waals surface area contributed by atoms with Crippen LogP contribution in [-0.2, 0) is 6.54 Å². The molecule has 2 aliphatic rings. The number of nitrogens with one attached hydrogen (secondary N) is 2. The normalized spacial score (nSPS) is 24.9. The lowest BCUT2D eigenvalue weighted by atomic mass is 10.1. The minimum atomic E-state index is 0. The van der Waals surface area contributed by atoms with Crippen molar-refractivity contribution < 1.29 is 0 Å². The molecule has 1 saturated carbocycles. The molecule has 134 valence electrons. The van der Waals surface area contributed by atoms with Crippen LogP contribution in [0.5, 0.6) is 0 Å². The van der Waals surface area contributed by atoms with E-state index in [9.17, 15) is 0 Å². The number of aromatic nitrogens is 3. The van der Waals surface area contributed by atoms with Gasteiger partial charge < -0.3 is 10.6 Å². The lowest BCUT2D eigenvalue weighted by Crippen LogP contribution is -2.42. The van der Waals surface area contributed by atoms with Crippen molar-refractivity contribution in [3.05, 3.63) is 47.5 Å². The first-order chi connectivity index (χ1) is 11.7. The lowest BCUT2D eigenvalue weighted by Gasteiger charge is -2.25. The summed E-state index contributed by atoms with van der Waals surface area (Å²) in [6.07, 6.45) is 3.33. The zero-order valence-corrected chi connectivity index (χ0v) is 17.0. The van der Waals surface area contributed by atoms with Crippen molar-refractivity contribution in [3.8, 4) is 0 Å². The molecule has 0 bridgehead atoms. The zero-order chi connectivity index (χ0) is 16.5. The van der Waals surface area contributed by atoms with E-state index in [2.05, 4.69) is 56.0 Å². The molecule has 1 fully saturated rings. The van der Waals surface area contributed by atoms with E-state index in [1.807, 2.05) is 18.7 Å². The van der Waals surface area contributed by atoms with Crippen LogP contribution in [-0.4, -0.2) is 33.8 Å². The number of aryl methyl sites for hydroxylation is 2. The molecular formula is C18H25IN6. The fourth-order valence-corrected chi connectivity index (χ4v) is 3.54. The van der Waals surface area contributed by atoms with Crippen molar-refractivity contribution in [2.45, 2.75) is 50.7 Å². The van der Waals surface area contributed by atoms with Crippen LogP contribution in [0.25, 0.3) is 0 Å². The van der Waals surface area contributed by atoms with Crippen LogP contribution in [0, 0.1) is 6.92 Å². The third kappa shape index (κ3) is 3.96. The molecule has 0 amide bonds. The van der Waals surface area contributed by atoms with Gasteiger partial charge in [-0.05, 0) is 31.7 Å². The van der Waals surface area contributed by atoms with E-state index in [1.54, 1.807) is 0 Å². The van der Waals surface area contributed by atoms with Gasteiger partial charge in [-0.15, -0.1) is 24.0 Å². The van der Waals surface area contributed by atoms with Crippen molar-refractivity contribution in [2.75, 3.05) is 7.05 Å². The molecule has 1 aliphatic carbocycles. The first-order valence-corrected chi connectivity index (χ1v) is 8.70. The Kier molecular flexibility index (Phi) is 5.61. The van der Waals surface area contributed by atoms with Gasteiger partial charge in [0.1, 0.15) is 11.6 Å². The number of hydrogen-bond donors (Lipinski definition) is 2. The largest absolute Gasteiger partial charge is 0.353 e. The maximum atomic E-state index is 4.58. The highest BCUT2D eigenvalue weighted by molar-refractivity contribution is 14.0. The predicted octanol–water partition coefficient (Wildman–Crippen LogP) is 2.76. The highest BCUT2D eigenvalue weighted by atomic mass is 127. The predicted molar refractivity (Wildman–Crippen MR) is 109 cm³/mol. The first-order valence-electron chi connectivity index (χ1n) is 8.70. The number of benzene rings is 1. The Bertz CT molecular complexity index is 741. The average molecular weight is 452 g/mol. The second-order valence-corrected chi connectivity index (χ2v) is 6.66. The topological polar surface area (TPSA) is 67.1 Å². The van der Waals surface area contributed by atoms with Gasteiger partial charge in [-0.2, -0.15) is 5.10 Å². The summed E-state index contributed by atoms with van der Waals surface area (Å²) in [5.41, 5.74) is 1.40. The van der Waals surface area contributed by atoms with Crippen LogP contribution in [0.2, 0.25) is 0 Å². The van der Waals surface area contributed by atoms with Crippen molar-refractivity contribution in [2.24, 2.45) is 4.99 Å². The smallest absolute Gasteiger partial charge is 0.191 e. The summed E-state index contributed by atoms with van der Waals surface area (Å²) in [5.74, 6) is 3.31. The average Bonchev–Trinajstić information content (AvgIpc) is 3.26. The summed E-state index contributed by atoms with van der Waals surface area (Å²) in [5, 5.41) is 11.6. The van der Waals surface area contributed by atoms with Crippen molar-refractivity contribution in [1.29, 1.82) is 0 Å². The van der Waals surface area contributed by atoms with Crippen LogP contribution < -0.4 is 10.6 Å². The molecule has 25 heavy (non-hydrogen) atoms. The van der Waals surface area contributed by atoms with Crippen LogP contribution in [0.1, 0.15) is 48.4 Å². The number of nitrogens with zero attached hydrogens (tertiary/aromatic N) is 4. The summed E-state index contributed by atoms with van der Waals surface area (Å²) in [4.78, 5) is 8.99. The Hall–Kier alpha value is -1.64. The van der Waals surface area contributed by atoms with E-state index in [4.69, 9.17) is 0 Å². The van der Waals surface area contributed by atoms with Crippen LogP contribution >= 0.6 is 24.0 Å². The number of rotatable bonds is 3. The third-order valence-corrected chi connectivity index (χ3v) is 4.86. The molecule has 0 saturated heterocycles. The number of halogens is 1. The van der Waals surface area contributed by atoms with Gasteiger partial charge in [-0.3, -0.25) is 4.99 Å². The number of fused-ring (bicyclic) bond motifs is 1. The quantitative estimate of drug-likeness (QED) is 0.427. The Labute approximate surface area is 165 Å². The molecule has 2 aromatic rings. The van der Waals surface area contributed by atoms with E-state index >= 15 is 0 Å². The monoisotopic (exact) mass is 452 g/mol. The maximum absolute atomic E-state index is 4.58. The molecule has 3 atom stereocenters. The molecule has 7 heteroatoms. The van der Waals surface area contributed by atoms with Gasteiger partial charge in [0.15, 0.2) is 5.96 Å². The fraction of sp³-hybridized carbons (Fsp3) is 0.500. The number of aliphatic imine (C=N–C) groups is 1. The van der Waals surface area contributed by atoms with Crippen molar-refractivity contribution in [1.82, 2.24) is 25.4 Å². The Balaban J connectivity index is 0.00000182. The van der Waals surface area contributed by atoms with E-state index in [0.29, 0.717) is 12.0 Å². The molecule has 1 aromatic carbocycles. The minimum absolute atomic E-state index is 0. The van der Waals surface area contributed by atoms with E-state index in [-0.39, 0.29) is 30.0 Å². The highest BCUT2D eigenvalue weighted by Gasteiger charge is 2.39. The van der Waals surface area contributed by atoms with Crippen molar-refractivity contribution >= 4 is 29.9 Å². The highest BCUT2D eigenvalue weighted by Crippen LogP contribution is 2.40. The molecule has 1 aromatic heterocycles. The lowest BCUT2D eigenvalue weighted by molar-refractivity contribution is 0.397. The standard InChI is InChI=1S/C18H24N6.HI/c1-12-20-17-15(9-6-10-24(17)23-12)21-18(19-2)22-16-11-14(16)13-7-4-3-5-8-13;/h3-5,7-8,14-16H,6,9-11H2,1-2H3,(H2,19,21,22);1H. The molecular weight excluding hydrogens is 427 g/mol.